The average molecular weight is 312 g/mol. The van der Waals surface area contributed by atoms with Gasteiger partial charge in [0.1, 0.15) is 5.75 Å². The zero-order valence-corrected chi connectivity index (χ0v) is 13.5. The fourth-order valence-electron chi connectivity index (χ4n) is 2.15. The number of aromatic nitrogens is 1. The summed E-state index contributed by atoms with van der Waals surface area (Å²) in [5.41, 5.74) is 3.92. The highest BCUT2D eigenvalue weighted by Crippen LogP contribution is 2.28. The van der Waals surface area contributed by atoms with Crippen molar-refractivity contribution in [3.05, 3.63) is 53.1 Å². The summed E-state index contributed by atoms with van der Waals surface area (Å²) < 4.78 is 6.16. The van der Waals surface area contributed by atoms with Gasteiger partial charge in [-0.05, 0) is 61.4 Å². The number of hydrogen-bond acceptors (Lipinski definition) is 4. The van der Waals surface area contributed by atoms with Gasteiger partial charge in [-0.15, -0.1) is 0 Å². The fraction of sp³-hybridized carbons (Fsp3) is 0.176. The van der Waals surface area contributed by atoms with Crippen LogP contribution in [0, 0.1) is 13.8 Å². The number of rotatable bonds is 3. The summed E-state index contributed by atoms with van der Waals surface area (Å²) in [6, 6.07) is 11.1. The Morgan fingerprint density at radius 2 is 1.82 bits per heavy atom. The molecule has 22 heavy (non-hydrogen) atoms. The summed E-state index contributed by atoms with van der Waals surface area (Å²) in [5.74, 6) is 0.553. The van der Waals surface area contributed by atoms with E-state index in [4.69, 9.17) is 4.74 Å². The molecular weight excluding hydrogens is 296 g/mol. The van der Waals surface area contributed by atoms with Crippen LogP contribution in [0.15, 0.2) is 36.4 Å². The van der Waals surface area contributed by atoms with Crippen LogP contribution >= 0.6 is 11.3 Å². The van der Waals surface area contributed by atoms with Gasteiger partial charge in [0.2, 0.25) is 0 Å². The van der Waals surface area contributed by atoms with Crippen molar-refractivity contribution >= 4 is 32.6 Å². The number of hydrogen-bond donors (Lipinski definition) is 1. The molecule has 0 bridgehead atoms. The largest absolute Gasteiger partial charge is 0.497 e. The van der Waals surface area contributed by atoms with Crippen LogP contribution in [0.2, 0.25) is 0 Å². The first-order valence-corrected chi connectivity index (χ1v) is 7.71. The van der Waals surface area contributed by atoms with E-state index in [-0.39, 0.29) is 5.91 Å². The zero-order valence-electron chi connectivity index (χ0n) is 12.6. The van der Waals surface area contributed by atoms with Gasteiger partial charge in [0.05, 0.1) is 17.3 Å². The van der Waals surface area contributed by atoms with E-state index in [0.29, 0.717) is 10.7 Å². The molecule has 0 radical (unpaired) electrons. The van der Waals surface area contributed by atoms with Crippen molar-refractivity contribution in [3.63, 3.8) is 0 Å². The number of carbonyl (C=O) groups excluding carboxylic acids is 1. The summed E-state index contributed by atoms with van der Waals surface area (Å²) in [7, 11) is 1.60. The second kappa shape index (κ2) is 5.77. The number of aryl methyl sites for hydroxylation is 2. The molecule has 0 aliphatic heterocycles. The van der Waals surface area contributed by atoms with E-state index >= 15 is 0 Å². The van der Waals surface area contributed by atoms with Gasteiger partial charge in [-0.2, -0.15) is 0 Å². The van der Waals surface area contributed by atoms with Gasteiger partial charge in [-0.1, -0.05) is 11.3 Å². The maximum Gasteiger partial charge on any atom is 0.257 e. The summed E-state index contributed by atoms with van der Waals surface area (Å²) in [6.45, 7) is 4.13. The van der Waals surface area contributed by atoms with Crippen LogP contribution < -0.4 is 10.1 Å². The smallest absolute Gasteiger partial charge is 0.257 e. The lowest BCUT2D eigenvalue weighted by Gasteiger charge is -2.03. The molecule has 0 aliphatic rings. The van der Waals surface area contributed by atoms with Gasteiger partial charge in [-0.25, -0.2) is 4.98 Å². The summed E-state index contributed by atoms with van der Waals surface area (Å²) in [6.07, 6.45) is 0. The van der Waals surface area contributed by atoms with Crippen molar-refractivity contribution in [1.82, 2.24) is 4.98 Å². The number of anilines is 1. The van der Waals surface area contributed by atoms with Crippen LogP contribution in [0.1, 0.15) is 21.5 Å². The summed E-state index contributed by atoms with van der Waals surface area (Å²) in [5, 5.41) is 3.46. The third-order valence-electron chi connectivity index (χ3n) is 3.58. The van der Waals surface area contributed by atoms with E-state index in [0.717, 1.165) is 16.0 Å². The Morgan fingerprint density at radius 1 is 1.14 bits per heavy atom. The molecule has 3 rings (SSSR count). The predicted octanol–water partition coefficient (Wildman–Crippen LogP) is 4.17. The van der Waals surface area contributed by atoms with Crippen molar-refractivity contribution in [1.29, 1.82) is 0 Å². The monoisotopic (exact) mass is 312 g/mol. The second-order valence-corrected chi connectivity index (χ2v) is 6.14. The highest BCUT2D eigenvalue weighted by molar-refractivity contribution is 7.22. The van der Waals surface area contributed by atoms with Crippen molar-refractivity contribution in [2.24, 2.45) is 0 Å². The van der Waals surface area contributed by atoms with Crippen LogP contribution in [0.3, 0.4) is 0 Å². The molecule has 112 valence electrons. The number of methoxy groups -OCH3 is 1. The van der Waals surface area contributed by atoms with Gasteiger partial charge >= 0.3 is 0 Å². The molecule has 5 heteroatoms. The number of amides is 1. The SMILES string of the molecule is COc1ccc(C(=O)Nc2nc3cc(C)c(C)cc3s2)cc1. The zero-order chi connectivity index (χ0) is 15.7. The lowest BCUT2D eigenvalue weighted by atomic mass is 10.1. The predicted molar refractivity (Wildman–Crippen MR) is 90.0 cm³/mol. The molecule has 0 saturated carbocycles. The number of nitrogens with zero attached hydrogens (tertiary/aromatic N) is 1. The minimum Gasteiger partial charge on any atom is -0.497 e. The Morgan fingerprint density at radius 3 is 2.50 bits per heavy atom. The first-order valence-electron chi connectivity index (χ1n) is 6.90. The van der Waals surface area contributed by atoms with Crippen LogP contribution in [0.25, 0.3) is 10.2 Å². The van der Waals surface area contributed by atoms with Crippen LogP contribution in [-0.4, -0.2) is 18.0 Å². The first kappa shape index (κ1) is 14.5. The van der Waals surface area contributed by atoms with E-state index < -0.39 is 0 Å². The highest BCUT2D eigenvalue weighted by atomic mass is 32.1. The topological polar surface area (TPSA) is 51.2 Å². The molecule has 1 N–H and O–H groups in total. The maximum atomic E-state index is 12.2. The Labute approximate surface area is 132 Å². The lowest BCUT2D eigenvalue weighted by Crippen LogP contribution is -2.11. The Balaban J connectivity index is 1.84. The number of benzene rings is 2. The average Bonchev–Trinajstić information content (AvgIpc) is 2.89. The van der Waals surface area contributed by atoms with E-state index in [2.05, 4.69) is 30.2 Å². The van der Waals surface area contributed by atoms with Gasteiger partial charge in [0.25, 0.3) is 5.91 Å². The molecule has 3 aromatic rings. The van der Waals surface area contributed by atoms with Crippen LogP contribution in [-0.2, 0) is 0 Å². The number of fused-ring (bicyclic) bond motifs is 1. The molecule has 0 spiro atoms. The van der Waals surface area contributed by atoms with Crippen molar-refractivity contribution in [3.8, 4) is 5.75 Å². The van der Waals surface area contributed by atoms with Gasteiger partial charge in [-0.3, -0.25) is 10.1 Å². The summed E-state index contributed by atoms with van der Waals surface area (Å²) in [4.78, 5) is 16.7. The number of carbonyl (C=O) groups is 1. The molecule has 0 fully saturated rings. The molecule has 2 aromatic carbocycles. The molecule has 1 heterocycles. The van der Waals surface area contributed by atoms with Gasteiger partial charge in [0, 0.05) is 5.56 Å². The lowest BCUT2D eigenvalue weighted by molar-refractivity contribution is 0.102. The molecule has 0 saturated heterocycles. The van der Waals surface area contributed by atoms with Crippen LogP contribution in [0.5, 0.6) is 5.75 Å². The number of nitrogens with one attached hydrogen (secondary N) is 1. The number of thiazole rings is 1. The standard InChI is InChI=1S/C17H16N2O2S/c1-10-8-14-15(9-11(10)2)22-17(18-14)19-16(20)12-4-6-13(21-3)7-5-12/h4-9H,1-3H3,(H,18,19,20). The maximum absolute atomic E-state index is 12.2. The molecular formula is C17H16N2O2S. The third kappa shape index (κ3) is 2.80. The normalized spacial score (nSPS) is 10.7. The highest BCUT2D eigenvalue weighted by Gasteiger charge is 2.11. The van der Waals surface area contributed by atoms with Gasteiger partial charge < -0.3 is 4.74 Å². The van der Waals surface area contributed by atoms with Crippen molar-refractivity contribution < 1.29 is 9.53 Å². The summed E-state index contributed by atoms with van der Waals surface area (Å²) >= 11 is 1.48. The molecule has 0 unspecified atom stereocenters. The molecule has 1 amide bonds. The van der Waals surface area contributed by atoms with E-state index in [9.17, 15) is 4.79 Å². The Kier molecular flexibility index (Phi) is 3.81. The first-order chi connectivity index (χ1) is 10.6. The molecule has 0 atom stereocenters. The third-order valence-corrected chi connectivity index (χ3v) is 4.51. The van der Waals surface area contributed by atoms with E-state index in [1.807, 2.05) is 6.07 Å². The van der Waals surface area contributed by atoms with Crippen LogP contribution in [0.4, 0.5) is 5.13 Å². The molecule has 1 aromatic heterocycles. The fourth-order valence-corrected chi connectivity index (χ4v) is 3.09. The Hall–Kier alpha value is -2.40. The van der Waals surface area contributed by atoms with Gasteiger partial charge in [0.15, 0.2) is 5.13 Å². The quantitative estimate of drug-likeness (QED) is 0.789. The molecule has 0 aliphatic carbocycles. The minimum atomic E-state index is -0.171. The van der Waals surface area contributed by atoms with Crippen molar-refractivity contribution in [2.45, 2.75) is 13.8 Å². The van der Waals surface area contributed by atoms with E-state index in [1.165, 1.54) is 22.5 Å². The molecule has 4 nitrogen and oxygen atoms in total. The number of ether oxygens (including phenoxy) is 1. The van der Waals surface area contributed by atoms with E-state index in [1.54, 1.807) is 31.4 Å². The Bertz CT molecular complexity index is 799. The minimum absolute atomic E-state index is 0.171. The second-order valence-electron chi connectivity index (χ2n) is 5.11. The van der Waals surface area contributed by atoms with Crippen molar-refractivity contribution in [2.75, 3.05) is 12.4 Å².